The third-order valence-corrected chi connectivity index (χ3v) is 5.20. The average molecular weight is 394 g/mol. The van der Waals surface area contributed by atoms with Gasteiger partial charge in [-0.3, -0.25) is 20.2 Å². The number of unbranched alkanes of at least 4 members (excludes halogenated alkanes) is 3. The van der Waals surface area contributed by atoms with Crippen LogP contribution in [0.2, 0.25) is 0 Å². The normalized spacial score (nSPS) is 15.7. The molecule has 4 amide bonds. The predicted molar refractivity (Wildman–Crippen MR) is 109 cm³/mol. The summed E-state index contributed by atoms with van der Waals surface area (Å²) in [5, 5.41) is 4.51. The fourth-order valence-corrected chi connectivity index (χ4v) is 3.62. The molecule has 6 heteroatoms. The van der Waals surface area contributed by atoms with Crippen molar-refractivity contribution < 1.29 is 19.1 Å². The molecule has 1 fully saturated rings. The number of benzene rings is 2. The first kappa shape index (κ1) is 20.7. The maximum atomic E-state index is 12.7. The number of imide groups is 2. The number of carbonyl (C=O) groups is 3. The number of rotatable bonds is 10. The fraction of sp³-hybridized carbons (Fsp3) is 0.348. The third-order valence-electron chi connectivity index (χ3n) is 5.20. The smallest absolute Gasteiger partial charge is 0.328 e. The van der Waals surface area contributed by atoms with E-state index in [4.69, 9.17) is 4.74 Å². The second-order valence-corrected chi connectivity index (χ2v) is 7.21. The van der Waals surface area contributed by atoms with Crippen LogP contribution in [-0.4, -0.2) is 24.5 Å². The Kier molecular flexibility index (Phi) is 7.14. The number of urea groups is 1. The maximum absolute atomic E-state index is 12.7. The molecule has 152 valence electrons. The molecule has 1 aliphatic rings. The van der Waals surface area contributed by atoms with Crippen molar-refractivity contribution in [2.75, 3.05) is 6.61 Å². The summed E-state index contributed by atoms with van der Waals surface area (Å²) in [4.78, 5) is 36.8. The van der Waals surface area contributed by atoms with Crippen LogP contribution >= 0.6 is 0 Å². The Morgan fingerprint density at radius 2 is 1.31 bits per heavy atom. The number of carbonyl (C=O) groups excluding carboxylic acids is 3. The van der Waals surface area contributed by atoms with Crippen LogP contribution in [0.5, 0.6) is 0 Å². The van der Waals surface area contributed by atoms with E-state index < -0.39 is 23.3 Å². The van der Waals surface area contributed by atoms with E-state index >= 15 is 0 Å². The first-order valence-electron chi connectivity index (χ1n) is 9.97. The minimum Gasteiger partial charge on any atom is -0.377 e. The van der Waals surface area contributed by atoms with E-state index in [1.165, 1.54) is 0 Å². The zero-order valence-electron chi connectivity index (χ0n) is 16.4. The molecule has 29 heavy (non-hydrogen) atoms. The van der Waals surface area contributed by atoms with Crippen molar-refractivity contribution in [2.24, 2.45) is 0 Å². The summed E-state index contributed by atoms with van der Waals surface area (Å²) in [6, 6.07) is 18.2. The van der Waals surface area contributed by atoms with E-state index in [-0.39, 0.29) is 0 Å². The Bertz CT molecular complexity index is 816. The summed E-state index contributed by atoms with van der Waals surface area (Å²) in [5.41, 5.74) is 0.397. The van der Waals surface area contributed by atoms with Crippen molar-refractivity contribution >= 4 is 17.8 Å². The van der Waals surface area contributed by atoms with Gasteiger partial charge in [0.1, 0.15) is 0 Å². The molecule has 6 nitrogen and oxygen atoms in total. The number of amides is 4. The molecule has 2 N–H and O–H groups in total. The molecule has 0 spiro atoms. The minimum absolute atomic E-state index is 0.354. The lowest BCUT2D eigenvalue weighted by atomic mass is 9.73. The standard InChI is InChI=1S/C23H26N2O4/c26-20-23(19-13-7-4-8-14-19,21(27)25-22(28)24-20)15-9-1-2-10-16-29-17-18-11-5-3-6-12-18/h3-8,11-14H,1-2,9-10,15-17H2,(H2,24,25,26,27,28). The highest BCUT2D eigenvalue weighted by molar-refractivity contribution is 6.22. The van der Waals surface area contributed by atoms with Crippen LogP contribution < -0.4 is 10.6 Å². The lowest BCUT2D eigenvalue weighted by molar-refractivity contribution is -0.139. The Hall–Kier alpha value is -2.99. The average Bonchev–Trinajstić information content (AvgIpc) is 2.73. The third kappa shape index (κ3) is 5.09. The molecule has 2 aromatic carbocycles. The SMILES string of the molecule is O=C1NC(=O)C(CCCCCCOCc2ccccc2)(c2ccccc2)C(=O)N1. The molecule has 3 rings (SSSR count). The van der Waals surface area contributed by atoms with E-state index in [0.717, 1.165) is 24.8 Å². The van der Waals surface area contributed by atoms with Gasteiger partial charge in [-0.05, 0) is 24.0 Å². The topological polar surface area (TPSA) is 84.5 Å². The van der Waals surface area contributed by atoms with Crippen molar-refractivity contribution in [3.8, 4) is 0 Å². The van der Waals surface area contributed by atoms with Gasteiger partial charge in [-0.25, -0.2) is 4.79 Å². The zero-order valence-corrected chi connectivity index (χ0v) is 16.4. The van der Waals surface area contributed by atoms with Crippen LogP contribution in [0.25, 0.3) is 0 Å². The van der Waals surface area contributed by atoms with E-state index in [0.29, 0.717) is 31.6 Å². The molecule has 2 aromatic rings. The number of ether oxygens (including phenoxy) is 1. The van der Waals surface area contributed by atoms with Gasteiger partial charge in [0.05, 0.1) is 6.61 Å². The summed E-state index contributed by atoms with van der Waals surface area (Å²) in [7, 11) is 0. The molecule has 1 heterocycles. The van der Waals surface area contributed by atoms with Crippen LogP contribution in [0.1, 0.15) is 43.2 Å². The van der Waals surface area contributed by atoms with Crippen molar-refractivity contribution in [1.82, 2.24) is 10.6 Å². The highest BCUT2D eigenvalue weighted by Crippen LogP contribution is 2.33. The number of barbiturate groups is 1. The molecule has 1 aliphatic heterocycles. The molecule has 0 radical (unpaired) electrons. The second-order valence-electron chi connectivity index (χ2n) is 7.21. The quantitative estimate of drug-likeness (QED) is 0.477. The van der Waals surface area contributed by atoms with Crippen molar-refractivity contribution in [1.29, 1.82) is 0 Å². The van der Waals surface area contributed by atoms with Gasteiger partial charge in [-0.2, -0.15) is 0 Å². The van der Waals surface area contributed by atoms with Crippen molar-refractivity contribution in [2.45, 2.75) is 44.1 Å². The summed E-state index contributed by atoms with van der Waals surface area (Å²) >= 11 is 0. The molecular weight excluding hydrogens is 368 g/mol. The second kappa shape index (κ2) is 9.98. The van der Waals surface area contributed by atoms with Gasteiger partial charge in [-0.15, -0.1) is 0 Å². The highest BCUT2D eigenvalue weighted by Gasteiger charge is 2.50. The molecule has 0 unspecified atom stereocenters. The maximum Gasteiger partial charge on any atom is 0.328 e. The molecular formula is C23H26N2O4. The Balaban J connectivity index is 1.48. The van der Waals surface area contributed by atoms with Crippen LogP contribution in [-0.2, 0) is 26.3 Å². The summed E-state index contributed by atoms with van der Waals surface area (Å²) in [6.07, 6.45) is 3.79. The summed E-state index contributed by atoms with van der Waals surface area (Å²) < 4.78 is 5.69. The number of nitrogens with one attached hydrogen (secondary N) is 2. The van der Waals surface area contributed by atoms with Gasteiger partial charge in [-0.1, -0.05) is 79.9 Å². The van der Waals surface area contributed by atoms with E-state index in [1.54, 1.807) is 24.3 Å². The zero-order chi connectivity index (χ0) is 20.5. The monoisotopic (exact) mass is 394 g/mol. The van der Waals surface area contributed by atoms with Crippen LogP contribution in [0.15, 0.2) is 60.7 Å². The lowest BCUT2D eigenvalue weighted by Crippen LogP contribution is -2.64. The molecule has 0 aliphatic carbocycles. The van der Waals surface area contributed by atoms with Gasteiger partial charge in [0.2, 0.25) is 11.8 Å². The van der Waals surface area contributed by atoms with Gasteiger partial charge < -0.3 is 4.74 Å². The van der Waals surface area contributed by atoms with Gasteiger partial charge >= 0.3 is 6.03 Å². The molecule has 0 atom stereocenters. The van der Waals surface area contributed by atoms with Gasteiger partial charge in [0, 0.05) is 6.61 Å². The van der Waals surface area contributed by atoms with Crippen LogP contribution in [0.3, 0.4) is 0 Å². The highest BCUT2D eigenvalue weighted by atomic mass is 16.5. The van der Waals surface area contributed by atoms with Crippen LogP contribution in [0.4, 0.5) is 4.79 Å². The number of hydrogen-bond acceptors (Lipinski definition) is 4. The number of hydrogen-bond donors (Lipinski definition) is 2. The van der Waals surface area contributed by atoms with E-state index in [9.17, 15) is 14.4 Å². The largest absolute Gasteiger partial charge is 0.377 e. The van der Waals surface area contributed by atoms with E-state index in [1.807, 2.05) is 36.4 Å². The first-order valence-corrected chi connectivity index (χ1v) is 9.97. The first-order chi connectivity index (χ1) is 14.1. The summed E-state index contributed by atoms with van der Waals surface area (Å²) in [6.45, 7) is 1.28. The predicted octanol–water partition coefficient (Wildman–Crippen LogP) is 3.46. The lowest BCUT2D eigenvalue weighted by Gasteiger charge is -2.34. The van der Waals surface area contributed by atoms with Crippen LogP contribution in [0, 0.1) is 0 Å². The van der Waals surface area contributed by atoms with E-state index in [2.05, 4.69) is 10.6 Å². The molecule has 1 saturated heterocycles. The molecule has 0 bridgehead atoms. The van der Waals surface area contributed by atoms with Crippen molar-refractivity contribution in [3.63, 3.8) is 0 Å². The summed E-state index contributed by atoms with van der Waals surface area (Å²) in [5.74, 6) is -1.10. The Morgan fingerprint density at radius 1 is 0.724 bits per heavy atom. The van der Waals surface area contributed by atoms with Gasteiger partial charge in [0.15, 0.2) is 5.41 Å². The fourth-order valence-electron chi connectivity index (χ4n) is 3.62. The minimum atomic E-state index is -1.36. The van der Waals surface area contributed by atoms with Gasteiger partial charge in [0.25, 0.3) is 0 Å². The molecule has 0 saturated carbocycles. The Labute approximate surface area is 170 Å². The molecule has 0 aromatic heterocycles. The van der Waals surface area contributed by atoms with Crippen molar-refractivity contribution in [3.05, 3.63) is 71.8 Å². The Morgan fingerprint density at radius 3 is 1.97 bits per heavy atom.